The SMILES string of the molecule is O=S(=O)(Oc1ccc(F)cc1)C1C[C@H]2O[C@@H]1C(c1ccc(-n3ccnc3)cc1)=C2c1ccc(O)cc1. The molecule has 36 heavy (non-hydrogen) atoms. The predicted molar refractivity (Wildman–Crippen MR) is 131 cm³/mol. The van der Waals surface area contributed by atoms with Crippen molar-refractivity contribution in [1.82, 2.24) is 9.55 Å². The van der Waals surface area contributed by atoms with Crippen molar-refractivity contribution in [3.63, 3.8) is 0 Å². The quantitative estimate of drug-likeness (QED) is 0.387. The second kappa shape index (κ2) is 8.61. The number of nitrogens with zero attached hydrogens (tertiary/aromatic N) is 2. The number of halogens is 1. The Balaban J connectivity index is 1.40. The molecule has 2 aliphatic heterocycles. The zero-order valence-electron chi connectivity index (χ0n) is 18.9. The van der Waals surface area contributed by atoms with Crippen molar-refractivity contribution in [2.24, 2.45) is 0 Å². The van der Waals surface area contributed by atoms with Gasteiger partial charge in [-0.3, -0.25) is 0 Å². The first kappa shape index (κ1) is 22.5. The monoisotopic (exact) mass is 504 g/mol. The molecule has 0 aliphatic carbocycles. The Bertz CT molecular complexity index is 1530. The molecule has 9 heteroatoms. The molecule has 1 aromatic heterocycles. The molecule has 7 nitrogen and oxygen atoms in total. The number of aromatic hydroxyl groups is 1. The number of aromatic nitrogens is 2. The molecular weight excluding hydrogens is 483 g/mol. The van der Waals surface area contributed by atoms with Crippen LogP contribution in [0.5, 0.6) is 11.5 Å². The Morgan fingerprint density at radius 1 is 0.944 bits per heavy atom. The molecule has 2 bridgehead atoms. The van der Waals surface area contributed by atoms with Gasteiger partial charge in [0, 0.05) is 24.5 Å². The van der Waals surface area contributed by atoms with Crippen molar-refractivity contribution < 1.29 is 26.8 Å². The molecular formula is C27H21FN2O5S. The molecule has 4 aromatic rings. The van der Waals surface area contributed by atoms with E-state index in [1.54, 1.807) is 36.8 Å². The second-order valence-electron chi connectivity index (χ2n) is 8.74. The van der Waals surface area contributed by atoms with Crippen molar-refractivity contribution >= 4 is 21.3 Å². The van der Waals surface area contributed by atoms with Gasteiger partial charge in [0.25, 0.3) is 0 Å². The van der Waals surface area contributed by atoms with Crippen LogP contribution in [0.4, 0.5) is 4.39 Å². The largest absolute Gasteiger partial charge is 0.508 e. The van der Waals surface area contributed by atoms with Crippen LogP contribution in [-0.4, -0.2) is 40.5 Å². The highest BCUT2D eigenvalue weighted by Crippen LogP contribution is 2.51. The summed E-state index contributed by atoms with van der Waals surface area (Å²) in [5, 5.41) is 8.83. The van der Waals surface area contributed by atoms with E-state index in [2.05, 4.69) is 4.98 Å². The van der Waals surface area contributed by atoms with E-state index < -0.39 is 33.4 Å². The summed E-state index contributed by atoms with van der Waals surface area (Å²) in [7, 11) is -4.09. The van der Waals surface area contributed by atoms with Gasteiger partial charge in [-0.25, -0.2) is 9.37 Å². The van der Waals surface area contributed by atoms with Crippen LogP contribution in [0.25, 0.3) is 16.8 Å². The lowest BCUT2D eigenvalue weighted by Gasteiger charge is -2.25. The van der Waals surface area contributed by atoms with E-state index in [-0.39, 0.29) is 17.9 Å². The maximum Gasteiger partial charge on any atom is 0.315 e. The summed E-state index contributed by atoms with van der Waals surface area (Å²) < 4.78 is 53.3. The summed E-state index contributed by atoms with van der Waals surface area (Å²) in [5.41, 5.74) is 4.25. The van der Waals surface area contributed by atoms with Crippen molar-refractivity contribution in [3.05, 3.63) is 108 Å². The maximum atomic E-state index is 13.3. The summed E-state index contributed by atoms with van der Waals surface area (Å²) in [5.74, 6) is -0.290. The summed E-state index contributed by atoms with van der Waals surface area (Å²) in [6.45, 7) is 0. The third kappa shape index (κ3) is 3.96. The van der Waals surface area contributed by atoms with Crippen LogP contribution >= 0.6 is 0 Å². The van der Waals surface area contributed by atoms with E-state index in [1.165, 1.54) is 12.1 Å². The van der Waals surface area contributed by atoms with Crippen molar-refractivity contribution in [1.29, 1.82) is 0 Å². The Hall–Kier alpha value is -3.95. The molecule has 2 aliphatic rings. The lowest BCUT2D eigenvalue weighted by Crippen LogP contribution is -2.35. The van der Waals surface area contributed by atoms with Crippen LogP contribution in [-0.2, 0) is 14.9 Å². The smallest absolute Gasteiger partial charge is 0.315 e. The standard InChI is InChI=1S/C27H21FN2O5S/c28-19-5-11-22(12-6-19)35-36(32,33)24-15-23-25(17-3-9-21(31)10-4-17)26(27(24)34-23)18-1-7-20(8-2-18)30-14-13-29-16-30/h1-14,16,23-24,27,31H,15H2/t23-,24?,27+/m1/s1. The number of rotatable bonds is 6. The number of phenols is 1. The summed E-state index contributed by atoms with van der Waals surface area (Å²) in [6, 6.07) is 19.4. The predicted octanol–water partition coefficient (Wildman–Crippen LogP) is 4.58. The topological polar surface area (TPSA) is 90.7 Å². The molecule has 182 valence electrons. The third-order valence-corrected chi connectivity index (χ3v) is 8.15. The van der Waals surface area contributed by atoms with Gasteiger partial charge in [0.1, 0.15) is 28.7 Å². The minimum absolute atomic E-state index is 0.0492. The molecule has 3 heterocycles. The maximum absolute atomic E-state index is 13.3. The van der Waals surface area contributed by atoms with Gasteiger partial charge in [-0.1, -0.05) is 24.3 Å². The van der Waals surface area contributed by atoms with Crippen LogP contribution in [0.3, 0.4) is 0 Å². The van der Waals surface area contributed by atoms with E-state index in [0.29, 0.717) is 0 Å². The summed E-state index contributed by atoms with van der Waals surface area (Å²) in [6.07, 6.45) is 4.25. The van der Waals surface area contributed by atoms with Crippen LogP contribution in [0.2, 0.25) is 0 Å². The third-order valence-electron chi connectivity index (χ3n) is 6.55. The number of imidazole rings is 1. The average Bonchev–Trinajstić information content (AvgIpc) is 3.63. The van der Waals surface area contributed by atoms with Gasteiger partial charge in [0.2, 0.25) is 0 Å². The number of benzene rings is 3. The first-order valence-electron chi connectivity index (χ1n) is 11.4. The lowest BCUT2D eigenvalue weighted by molar-refractivity contribution is 0.128. The summed E-state index contributed by atoms with van der Waals surface area (Å²) >= 11 is 0. The molecule has 3 aromatic carbocycles. The van der Waals surface area contributed by atoms with Crippen LogP contribution in [0.1, 0.15) is 17.5 Å². The highest BCUT2D eigenvalue weighted by atomic mass is 32.2. The van der Waals surface area contributed by atoms with Crippen molar-refractivity contribution in [3.8, 4) is 17.2 Å². The number of hydrogen-bond acceptors (Lipinski definition) is 6. The molecule has 0 radical (unpaired) electrons. The van der Waals surface area contributed by atoms with Crippen molar-refractivity contribution in [2.45, 2.75) is 23.9 Å². The fraction of sp³-hybridized carbons (Fsp3) is 0.148. The Labute approximate surface area is 207 Å². The van der Waals surface area contributed by atoms with E-state index in [0.717, 1.165) is 40.1 Å². The number of phenolic OH excluding ortho intramolecular Hbond substituents is 1. The lowest BCUT2D eigenvalue weighted by atomic mass is 9.83. The normalized spacial score (nSPS) is 21.2. The van der Waals surface area contributed by atoms with Crippen LogP contribution in [0.15, 0.2) is 91.5 Å². The molecule has 3 atom stereocenters. The molecule has 0 spiro atoms. The van der Waals surface area contributed by atoms with Crippen LogP contribution < -0.4 is 4.18 Å². The van der Waals surface area contributed by atoms with Gasteiger partial charge in [-0.15, -0.1) is 0 Å². The molecule has 1 saturated heterocycles. The van der Waals surface area contributed by atoms with Gasteiger partial charge in [-0.05, 0) is 70.8 Å². The highest BCUT2D eigenvalue weighted by Gasteiger charge is 2.53. The molecule has 6 rings (SSSR count). The van der Waals surface area contributed by atoms with Crippen molar-refractivity contribution in [2.75, 3.05) is 0 Å². The molecule has 0 amide bonds. The molecule has 1 fully saturated rings. The zero-order valence-corrected chi connectivity index (χ0v) is 19.7. The fourth-order valence-electron chi connectivity index (χ4n) is 4.90. The Morgan fingerprint density at radius 3 is 2.28 bits per heavy atom. The van der Waals surface area contributed by atoms with Gasteiger partial charge in [0.15, 0.2) is 0 Å². The Kier molecular flexibility index (Phi) is 5.39. The van der Waals surface area contributed by atoms with Gasteiger partial charge in [-0.2, -0.15) is 8.42 Å². The summed E-state index contributed by atoms with van der Waals surface area (Å²) in [4.78, 5) is 4.08. The van der Waals surface area contributed by atoms with Gasteiger partial charge < -0.3 is 18.6 Å². The average molecular weight is 505 g/mol. The highest BCUT2D eigenvalue weighted by molar-refractivity contribution is 7.87. The molecule has 0 saturated carbocycles. The van der Waals surface area contributed by atoms with E-state index >= 15 is 0 Å². The van der Waals surface area contributed by atoms with Gasteiger partial charge in [0.05, 0.1) is 12.4 Å². The van der Waals surface area contributed by atoms with E-state index in [4.69, 9.17) is 8.92 Å². The van der Waals surface area contributed by atoms with E-state index in [9.17, 15) is 17.9 Å². The Morgan fingerprint density at radius 2 is 1.61 bits per heavy atom. The minimum Gasteiger partial charge on any atom is -0.508 e. The molecule has 1 N–H and O–H groups in total. The first-order valence-corrected chi connectivity index (χ1v) is 12.8. The minimum atomic E-state index is -4.09. The number of hydrogen-bond donors (Lipinski definition) is 1. The fourth-order valence-corrected chi connectivity index (χ4v) is 6.32. The second-order valence-corrected chi connectivity index (χ2v) is 10.5. The van der Waals surface area contributed by atoms with E-state index in [1.807, 2.05) is 35.0 Å². The first-order chi connectivity index (χ1) is 17.4. The van der Waals surface area contributed by atoms with Crippen LogP contribution in [0, 0.1) is 5.82 Å². The number of fused-ring (bicyclic) bond motifs is 2. The zero-order chi connectivity index (χ0) is 24.9. The number of ether oxygens (including phenoxy) is 1. The van der Waals surface area contributed by atoms with Gasteiger partial charge >= 0.3 is 10.1 Å². The molecule has 1 unspecified atom stereocenters.